The maximum atomic E-state index is 10.5. The molecule has 0 saturated heterocycles. The van der Waals surface area contributed by atoms with E-state index in [1.807, 2.05) is 0 Å². The predicted molar refractivity (Wildman–Crippen MR) is 61.1 cm³/mol. The van der Waals surface area contributed by atoms with E-state index in [0.29, 0.717) is 11.9 Å². The lowest BCUT2D eigenvalue weighted by Crippen LogP contribution is -2.28. The van der Waals surface area contributed by atoms with Crippen LogP contribution in [0.5, 0.6) is 5.75 Å². The lowest BCUT2D eigenvalue weighted by Gasteiger charge is -2.13. The van der Waals surface area contributed by atoms with E-state index in [-0.39, 0.29) is 12.2 Å². The molecule has 3 N–H and O–H groups in total. The Kier molecular flexibility index (Phi) is 3.08. The fourth-order valence-electron chi connectivity index (χ4n) is 2.21. The van der Waals surface area contributed by atoms with Crippen molar-refractivity contribution in [2.75, 3.05) is 0 Å². The molecule has 17 heavy (non-hydrogen) atoms. The van der Waals surface area contributed by atoms with Crippen molar-refractivity contribution >= 4 is 18.6 Å². The van der Waals surface area contributed by atoms with Crippen molar-refractivity contribution in [1.82, 2.24) is 0 Å². The number of hydrogen-bond acceptors (Lipinski definition) is 4. The number of phenols is 1. The number of hydrogen-bond donors (Lipinski definition) is 3. The molecule has 1 aromatic carbocycles. The number of benzene rings is 1. The fourth-order valence-corrected chi connectivity index (χ4v) is 2.21. The molecule has 1 atom stereocenters. The van der Waals surface area contributed by atoms with Gasteiger partial charge in [0, 0.05) is 6.42 Å². The van der Waals surface area contributed by atoms with Crippen LogP contribution >= 0.6 is 0 Å². The number of rotatable bonds is 3. The number of aliphatic carboxylic acids is 1. The lowest BCUT2D eigenvalue weighted by molar-refractivity contribution is -0.137. The Morgan fingerprint density at radius 2 is 2.24 bits per heavy atom. The van der Waals surface area contributed by atoms with E-state index >= 15 is 0 Å². The average Bonchev–Trinajstić information content (AvgIpc) is 2.53. The first-order valence-electron chi connectivity index (χ1n) is 5.37. The SMILES string of the molecule is Cc1cc(O)cc2c1C(CCC(=O)O)OB2O. The summed E-state index contributed by atoms with van der Waals surface area (Å²) in [5.41, 5.74) is 2.11. The van der Waals surface area contributed by atoms with Crippen molar-refractivity contribution in [3.8, 4) is 5.75 Å². The zero-order valence-electron chi connectivity index (χ0n) is 9.38. The number of carboxylic acids is 1. The summed E-state index contributed by atoms with van der Waals surface area (Å²) in [4.78, 5) is 10.5. The Balaban J connectivity index is 2.30. The average molecular weight is 236 g/mol. The third kappa shape index (κ3) is 2.27. The maximum absolute atomic E-state index is 10.5. The molecule has 1 heterocycles. The Labute approximate surface area is 98.8 Å². The Morgan fingerprint density at radius 1 is 1.53 bits per heavy atom. The van der Waals surface area contributed by atoms with Crippen LogP contribution in [0.25, 0.3) is 0 Å². The van der Waals surface area contributed by atoms with Crippen molar-refractivity contribution in [2.24, 2.45) is 0 Å². The molecule has 0 radical (unpaired) electrons. The van der Waals surface area contributed by atoms with Crippen LogP contribution in [0.4, 0.5) is 0 Å². The molecule has 0 fully saturated rings. The summed E-state index contributed by atoms with van der Waals surface area (Å²) in [6, 6.07) is 3.03. The van der Waals surface area contributed by atoms with E-state index in [1.165, 1.54) is 6.07 Å². The van der Waals surface area contributed by atoms with Gasteiger partial charge in [-0.3, -0.25) is 4.79 Å². The normalized spacial score (nSPS) is 18.2. The Morgan fingerprint density at radius 3 is 2.88 bits per heavy atom. The molecule has 0 aromatic heterocycles. The molecule has 1 aliphatic rings. The standard InChI is InChI=1S/C11H13BO5/c1-6-4-7(13)5-8-11(6)9(17-12(8)16)2-3-10(14)15/h4-5,9,13,16H,2-3H2,1H3,(H,14,15). The van der Waals surface area contributed by atoms with Gasteiger partial charge in [0.05, 0.1) is 6.10 Å². The van der Waals surface area contributed by atoms with E-state index in [0.717, 1.165) is 11.1 Å². The summed E-state index contributed by atoms with van der Waals surface area (Å²) in [6.07, 6.45) is -0.126. The van der Waals surface area contributed by atoms with Crippen LogP contribution in [0.3, 0.4) is 0 Å². The first-order chi connectivity index (χ1) is 7.99. The summed E-state index contributed by atoms with van der Waals surface area (Å²) < 4.78 is 5.30. The van der Waals surface area contributed by atoms with Crippen molar-refractivity contribution in [2.45, 2.75) is 25.9 Å². The van der Waals surface area contributed by atoms with Gasteiger partial charge in [-0.25, -0.2) is 0 Å². The highest BCUT2D eigenvalue weighted by Gasteiger charge is 2.36. The van der Waals surface area contributed by atoms with Crippen molar-refractivity contribution in [3.05, 3.63) is 23.3 Å². The quantitative estimate of drug-likeness (QED) is 0.658. The van der Waals surface area contributed by atoms with Crippen molar-refractivity contribution in [3.63, 3.8) is 0 Å². The van der Waals surface area contributed by atoms with E-state index in [4.69, 9.17) is 9.76 Å². The minimum Gasteiger partial charge on any atom is -0.508 e. The highest BCUT2D eigenvalue weighted by Crippen LogP contribution is 2.32. The first-order valence-corrected chi connectivity index (χ1v) is 5.37. The predicted octanol–water partition coefficient (Wildman–Crippen LogP) is 0.324. The van der Waals surface area contributed by atoms with E-state index < -0.39 is 19.2 Å². The van der Waals surface area contributed by atoms with Crippen LogP contribution < -0.4 is 5.46 Å². The van der Waals surface area contributed by atoms with Crippen LogP contribution in [0.2, 0.25) is 0 Å². The van der Waals surface area contributed by atoms with Gasteiger partial charge >= 0.3 is 13.1 Å². The van der Waals surface area contributed by atoms with Gasteiger partial charge in [0.15, 0.2) is 0 Å². The minimum atomic E-state index is -1.09. The molecule has 0 saturated carbocycles. The second-order valence-corrected chi connectivity index (χ2v) is 4.18. The topological polar surface area (TPSA) is 87.0 Å². The van der Waals surface area contributed by atoms with Gasteiger partial charge in [-0.05, 0) is 42.1 Å². The van der Waals surface area contributed by atoms with Gasteiger partial charge in [0.1, 0.15) is 5.75 Å². The summed E-state index contributed by atoms with van der Waals surface area (Å²) in [5.74, 6) is -0.823. The molecule has 0 bridgehead atoms. The smallest absolute Gasteiger partial charge is 0.492 e. The van der Waals surface area contributed by atoms with Gasteiger partial charge in [-0.15, -0.1) is 0 Å². The molecule has 0 aliphatic carbocycles. The molecule has 2 rings (SSSR count). The molecule has 1 unspecified atom stereocenters. The molecule has 0 spiro atoms. The number of aryl methyl sites for hydroxylation is 1. The van der Waals surface area contributed by atoms with Crippen molar-refractivity contribution < 1.29 is 24.7 Å². The molecule has 90 valence electrons. The zero-order chi connectivity index (χ0) is 12.6. The fraction of sp³-hybridized carbons (Fsp3) is 0.364. The summed E-state index contributed by atoms with van der Waals surface area (Å²) in [5, 5.41) is 27.8. The number of carbonyl (C=O) groups is 1. The van der Waals surface area contributed by atoms with Crippen LogP contribution in [-0.2, 0) is 9.45 Å². The van der Waals surface area contributed by atoms with Crippen molar-refractivity contribution in [1.29, 1.82) is 0 Å². The second kappa shape index (κ2) is 4.39. The Hall–Kier alpha value is -1.53. The first kappa shape index (κ1) is 11.9. The number of aromatic hydroxyl groups is 1. The molecule has 6 heteroatoms. The number of phenolic OH excluding ortho intramolecular Hbond substituents is 1. The molecule has 5 nitrogen and oxygen atoms in total. The minimum absolute atomic E-state index is 0.0167. The number of carboxylic acid groups (broad SMARTS) is 1. The zero-order valence-corrected chi connectivity index (χ0v) is 9.38. The molecule has 1 aromatic rings. The van der Waals surface area contributed by atoms with Crippen LogP contribution in [0.1, 0.15) is 30.1 Å². The monoisotopic (exact) mass is 236 g/mol. The van der Waals surface area contributed by atoms with Gasteiger partial charge < -0.3 is 19.9 Å². The van der Waals surface area contributed by atoms with E-state index in [2.05, 4.69) is 0 Å². The van der Waals surface area contributed by atoms with Gasteiger partial charge in [0.2, 0.25) is 0 Å². The third-order valence-corrected chi connectivity index (χ3v) is 2.91. The maximum Gasteiger partial charge on any atom is 0.492 e. The summed E-state index contributed by atoms with van der Waals surface area (Å²) >= 11 is 0. The van der Waals surface area contributed by atoms with Gasteiger partial charge in [-0.1, -0.05) is 0 Å². The Bertz CT molecular complexity index is 459. The lowest BCUT2D eigenvalue weighted by atomic mass is 9.77. The second-order valence-electron chi connectivity index (χ2n) is 4.18. The molecular weight excluding hydrogens is 223 g/mol. The summed E-state index contributed by atoms with van der Waals surface area (Å²) in [6.45, 7) is 1.80. The third-order valence-electron chi connectivity index (χ3n) is 2.91. The largest absolute Gasteiger partial charge is 0.508 e. The molecule has 0 amide bonds. The van der Waals surface area contributed by atoms with E-state index in [1.54, 1.807) is 13.0 Å². The molecular formula is C11H13BO5. The van der Waals surface area contributed by atoms with Crippen LogP contribution in [0.15, 0.2) is 12.1 Å². The van der Waals surface area contributed by atoms with Gasteiger partial charge in [0.25, 0.3) is 0 Å². The van der Waals surface area contributed by atoms with E-state index in [9.17, 15) is 14.9 Å². The number of fused-ring (bicyclic) bond motifs is 1. The van der Waals surface area contributed by atoms with Gasteiger partial charge in [-0.2, -0.15) is 0 Å². The highest BCUT2D eigenvalue weighted by molar-refractivity contribution is 6.61. The molecule has 1 aliphatic heterocycles. The van der Waals surface area contributed by atoms with Crippen LogP contribution in [0, 0.1) is 6.92 Å². The van der Waals surface area contributed by atoms with Crippen LogP contribution in [-0.4, -0.2) is 28.3 Å². The highest BCUT2D eigenvalue weighted by atomic mass is 16.5. The summed E-state index contributed by atoms with van der Waals surface area (Å²) in [7, 11) is -1.09.